The SMILES string of the molecule is CC/C=C\C/C=C\C/C=C\CCCCCCCC(=O)OCC(COCCCCCCCCCCCCCC)OC(=O)CCCCCCC. The van der Waals surface area contributed by atoms with Crippen LogP contribution in [0.15, 0.2) is 36.5 Å². The first kappa shape index (κ1) is 46.1. The van der Waals surface area contributed by atoms with E-state index in [-0.39, 0.29) is 25.2 Å². The molecule has 5 nitrogen and oxygen atoms in total. The number of unbranched alkanes of at least 4 members (excludes halogenated alkanes) is 20. The van der Waals surface area contributed by atoms with Gasteiger partial charge in [-0.1, -0.05) is 173 Å². The van der Waals surface area contributed by atoms with E-state index in [1.807, 2.05) is 0 Å². The van der Waals surface area contributed by atoms with Crippen LogP contribution in [0.2, 0.25) is 0 Å². The second-order valence-corrected chi connectivity index (χ2v) is 13.5. The zero-order chi connectivity index (χ0) is 35.0. The Morgan fingerprint density at radius 3 is 1.50 bits per heavy atom. The Balaban J connectivity index is 4.11. The maximum absolute atomic E-state index is 12.5. The largest absolute Gasteiger partial charge is 0.462 e. The zero-order valence-corrected chi connectivity index (χ0v) is 32.0. The lowest BCUT2D eigenvalue weighted by Gasteiger charge is -2.18. The van der Waals surface area contributed by atoms with Gasteiger partial charge in [-0.25, -0.2) is 0 Å². The minimum Gasteiger partial charge on any atom is -0.462 e. The number of hydrogen-bond acceptors (Lipinski definition) is 5. The molecule has 0 spiro atoms. The van der Waals surface area contributed by atoms with Gasteiger partial charge in [-0.2, -0.15) is 0 Å². The van der Waals surface area contributed by atoms with Crippen molar-refractivity contribution in [2.45, 2.75) is 207 Å². The number of hydrogen-bond donors (Lipinski definition) is 0. The molecular weight excluding hydrogens is 596 g/mol. The van der Waals surface area contributed by atoms with Crippen LogP contribution in [0, 0.1) is 0 Å². The Morgan fingerprint density at radius 2 is 0.938 bits per heavy atom. The number of esters is 2. The minimum atomic E-state index is -0.532. The topological polar surface area (TPSA) is 61.8 Å². The molecular formula is C43H78O5. The predicted octanol–water partition coefficient (Wildman–Crippen LogP) is 13.1. The van der Waals surface area contributed by atoms with E-state index in [1.165, 1.54) is 96.3 Å². The molecule has 0 amide bonds. The number of carbonyl (C=O) groups is 2. The third-order valence-corrected chi connectivity index (χ3v) is 8.69. The first-order chi connectivity index (χ1) is 23.6. The molecule has 0 aromatic carbocycles. The van der Waals surface area contributed by atoms with E-state index in [2.05, 4.69) is 57.2 Å². The van der Waals surface area contributed by atoms with E-state index in [0.29, 0.717) is 19.4 Å². The van der Waals surface area contributed by atoms with Crippen molar-refractivity contribution in [2.24, 2.45) is 0 Å². The fourth-order valence-electron chi connectivity index (χ4n) is 5.64. The van der Waals surface area contributed by atoms with Crippen molar-refractivity contribution in [3.8, 4) is 0 Å². The summed E-state index contributed by atoms with van der Waals surface area (Å²) < 4.78 is 17.1. The molecule has 0 fully saturated rings. The second kappa shape index (κ2) is 39.6. The van der Waals surface area contributed by atoms with Gasteiger partial charge in [0.25, 0.3) is 0 Å². The maximum Gasteiger partial charge on any atom is 0.306 e. The zero-order valence-electron chi connectivity index (χ0n) is 32.0. The molecule has 0 aromatic rings. The molecule has 0 aliphatic carbocycles. The first-order valence-corrected chi connectivity index (χ1v) is 20.5. The third-order valence-electron chi connectivity index (χ3n) is 8.69. The van der Waals surface area contributed by atoms with Crippen molar-refractivity contribution < 1.29 is 23.8 Å². The summed E-state index contributed by atoms with van der Waals surface area (Å²) in [6.07, 6.45) is 44.4. The van der Waals surface area contributed by atoms with Gasteiger partial charge in [-0.3, -0.25) is 9.59 Å². The van der Waals surface area contributed by atoms with Crippen LogP contribution in [-0.4, -0.2) is 37.9 Å². The van der Waals surface area contributed by atoms with Gasteiger partial charge in [-0.15, -0.1) is 0 Å². The van der Waals surface area contributed by atoms with Crippen molar-refractivity contribution in [1.82, 2.24) is 0 Å². The predicted molar refractivity (Wildman–Crippen MR) is 205 cm³/mol. The van der Waals surface area contributed by atoms with Crippen LogP contribution < -0.4 is 0 Å². The molecule has 1 unspecified atom stereocenters. The number of ether oxygens (including phenoxy) is 3. The summed E-state index contributed by atoms with van der Waals surface area (Å²) >= 11 is 0. The van der Waals surface area contributed by atoms with Gasteiger partial charge in [0.05, 0.1) is 6.61 Å². The van der Waals surface area contributed by atoms with E-state index in [4.69, 9.17) is 14.2 Å². The highest BCUT2D eigenvalue weighted by Crippen LogP contribution is 2.13. The Labute approximate surface area is 298 Å². The van der Waals surface area contributed by atoms with Crippen LogP contribution in [0.5, 0.6) is 0 Å². The quantitative estimate of drug-likeness (QED) is 0.0373. The average molecular weight is 675 g/mol. The molecule has 1 atom stereocenters. The highest BCUT2D eigenvalue weighted by molar-refractivity contribution is 5.70. The third kappa shape index (κ3) is 36.9. The fourth-order valence-corrected chi connectivity index (χ4v) is 5.64. The van der Waals surface area contributed by atoms with E-state index in [1.54, 1.807) is 0 Å². The van der Waals surface area contributed by atoms with Crippen LogP contribution in [0.3, 0.4) is 0 Å². The molecule has 0 radical (unpaired) electrons. The lowest BCUT2D eigenvalue weighted by molar-refractivity contribution is -0.163. The molecule has 0 aliphatic heterocycles. The van der Waals surface area contributed by atoms with Gasteiger partial charge in [0.15, 0.2) is 6.10 Å². The molecule has 5 heteroatoms. The molecule has 0 rings (SSSR count). The molecule has 0 aliphatic rings. The normalized spacial score (nSPS) is 12.5. The molecule has 0 saturated carbocycles. The van der Waals surface area contributed by atoms with Gasteiger partial charge in [0.2, 0.25) is 0 Å². The van der Waals surface area contributed by atoms with Gasteiger partial charge < -0.3 is 14.2 Å². The highest BCUT2D eigenvalue weighted by Gasteiger charge is 2.17. The molecule has 0 heterocycles. The van der Waals surface area contributed by atoms with E-state index in [9.17, 15) is 9.59 Å². The molecule has 0 aromatic heterocycles. The minimum absolute atomic E-state index is 0.0792. The van der Waals surface area contributed by atoms with Crippen LogP contribution in [0.25, 0.3) is 0 Å². The summed E-state index contributed by atoms with van der Waals surface area (Å²) in [5, 5.41) is 0. The number of allylic oxidation sites excluding steroid dienone is 6. The Kier molecular flexibility index (Phi) is 38.0. The summed E-state index contributed by atoms with van der Waals surface area (Å²) in [4.78, 5) is 24.9. The average Bonchev–Trinajstić information content (AvgIpc) is 3.08. The standard InChI is InChI=1S/C43H78O5/c1-4-7-10-13-15-17-19-21-22-23-24-26-28-31-33-36-42(44)47-40-41(48-43(45)37-34-30-12-9-6-3)39-46-38-35-32-29-27-25-20-18-16-14-11-8-5-2/h7,10,15,17,21-22,41H,4-6,8-9,11-14,16,18-20,23-40H2,1-3H3/b10-7-,17-15-,22-21-. The lowest BCUT2D eigenvalue weighted by atomic mass is 10.1. The maximum atomic E-state index is 12.5. The van der Waals surface area contributed by atoms with Crippen LogP contribution in [0.4, 0.5) is 0 Å². The first-order valence-electron chi connectivity index (χ1n) is 20.5. The summed E-state index contributed by atoms with van der Waals surface area (Å²) in [6, 6.07) is 0. The molecule has 0 saturated heterocycles. The summed E-state index contributed by atoms with van der Waals surface area (Å²) in [5.74, 6) is -0.426. The van der Waals surface area contributed by atoms with Crippen LogP contribution in [-0.2, 0) is 23.8 Å². The van der Waals surface area contributed by atoms with Crippen molar-refractivity contribution in [2.75, 3.05) is 19.8 Å². The van der Waals surface area contributed by atoms with Crippen LogP contribution >= 0.6 is 0 Å². The Bertz CT molecular complexity index is 771. The number of rotatable bonds is 37. The Hall–Kier alpha value is -1.88. The van der Waals surface area contributed by atoms with E-state index in [0.717, 1.165) is 70.6 Å². The number of carbonyl (C=O) groups excluding carboxylic acids is 2. The van der Waals surface area contributed by atoms with E-state index >= 15 is 0 Å². The van der Waals surface area contributed by atoms with Crippen molar-refractivity contribution in [3.63, 3.8) is 0 Å². The van der Waals surface area contributed by atoms with Crippen molar-refractivity contribution in [1.29, 1.82) is 0 Å². The smallest absolute Gasteiger partial charge is 0.306 e. The Morgan fingerprint density at radius 1 is 0.479 bits per heavy atom. The summed E-state index contributed by atoms with van der Waals surface area (Å²) in [6.45, 7) is 7.63. The second-order valence-electron chi connectivity index (χ2n) is 13.5. The monoisotopic (exact) mass is 675 g/mol. The van der Waals surface area contributed by atoms with Gasteiger partial charge >= 0.3 is 11.9 Å². The van der Waals surface area contributed by atoms with Crippen LogP contribution in [0.1, 0.15) is 201 Å². The van der Waals surface area contributed by atoms with Gasteiger partial charge in [0, 0.05) is 19.4 Å². The molecule has 0 N–H and O–H groups in total. The van der Waals surface area contributed by atoms with Gasteiger partial charge in [-0.05, 0) is 51.4 Å². The molecule has 48 heavy (non-hydrogen) atoms. The molecule has 0 bridgehead atoms. The van der Waals surface area contributed by atoms with Crippen molar-refractivity contribution >= 4 is 11.9 Å². The van der Waals surface area contributed by atoms with Crippen molar-refractivity contribution in [3.05, 3.63) is 36.5 Å². The van der Waals surface area contributed by atoms with Gasteiger partial charge in [0.1, 0.15) is 6.61 Å². The summed E-state index contributed by atoms with van der Waals surface area (Å²) in [7, 11) is 0. The summed E-state index contributed by atoms with van der Waals surface area (Å²) in [5.41, 5.74) is 0. The van der Waals surface area contributed by atoms with E-state index < -0.39 is 6.10 Å². The fraction of sp³-hybridized carbons (Fsp3) is 0.814. The lowest BCUT2D eigenvalue weighted by Crippen LogP contribution is -2.30. The highest BCUT2D eigenvalue weighted by atomic mass is 16.6. The molecule has 280 valence electrons.